The second-order valence-corrected chi connectivity index (χ2v) is 9.66. The molecular weight excluding hydrogens is 410 g/mol. The van der Waals surface area contributed by atoms with Crippen LogP contribution in [-0.2, 0) is 15.5 Å². The Labute approximate surface area is 169 Å². The van der Waals surface area contributed by atoms with Crippen LogP contribution in [0.4, 0.5) is 5.69 Å². The lowest BCUT2D eigenvalue weighted by molar-refractivity contribution is 0.329. The van der Waals surface area contributed by atoms with Gasteiger partial charge in [0.05, 0.1) is 6.61 Å². The van der Waals surface area contributed by atoms with Gasteiger partial charge in [0.1, 0.15) is 5.78 Å². The van der Waals surface area contributed by atoms with Crippen molar-refractivity contribution in [1.29, 1.82) is 0 Å². The fraction of sp³-hybridized carbons (Fsp3) is 0.278. The van der Waals surface area contributed by atoms with Gasteiger partial charge < -0.3 is 15.2 Å². The number of alkyl halides is 1. The van der Waals surface area contributed by atoms with E-state index < -0.39 is 13.2 Å². The maximum Gasteiger partial charge on any atom is 0.222 e. The highest BCUT2D eigenvalue weighted by Gasteiger charge is 2.30. The zero-order valence-electron chi connectivity index (χ0n) is 14.3. The Kier molecular flexibility index (Phi) is 8.39. The molecule has 0 amide bonds. The van der Waals surface area contributed by atoms with Crippen molar-refractivity contribution in [1.82, 2.24) is 5.32 Å². The van der Waals surface area contributed by atoms with Gasteiger partial charge in [-0.1, -0.05) is 41.9 Å². The van der Waals surface area contributed by atoms with Gasteiger partial charge in [-0.3, -0.25) is 4.57 Å². The van der Waals surface area contributed by atoms with Gasteiger partial charge in [-0.2, -0.15) is 0 Å². The molecule has 0 aliphatic rings. The minimum absolute atomic E-state index is 0.215. The number of rotatable bonds is 8. The number of anilines is 1. The molecule has 2 aromatic rings. The third-order valence-corrected chi connectivity index (χ3v) is 6.43. The number of halogens is 2. The molecule has 0 radical (unpaired) electrons. The molecule has 26 heavy (non-hydrogen) atoms. The predicted molar refractivity (Wildman–Crippen MR) is 115 cm³/mol. The van der Waals surface area contributed by atoms with Crippen LogP contribution in [0.3, 0.4) is 0 Å². The van der Waals surface area contributed by atoms with Gasteiger partial charge in [0.25, 0.3) is 0 Å². The zero-order valence-corrected chi connectivity index (χ0v) is 17.5. The van der Waals surface area contributed by atoms with E-state index in [4.69, 9.17) is 39.9 Å². The van der Waals surface area contributed by atoms with Crippen molar-refractivity contribution in [3.05, 3.63) is 65.2 Å². The molecule has 2 N–H and O–H groups in total. The summed E-state index contributed by atoms with van der Waals surface area (Å²) in [5.41, 5.74) is 1.83. The Balaban J connectivity index is 2.12. The summed E-state index contributed by atoms with van der Waals surface area (Å²) in [5, 5.41) is 7.26. The molecule has 8 heteroatoms. The first-order valence-corrected chi connectivity index (χ1v) is 11.5. The van der Waals surface area contributed by atoms with Crippen molar-refractivity contribution in [3.63, 3.8) is 0 Å². The van der Waals surface area contributed by atoms with Gasteiger partial charge >= 0.3 is 0 Å². The largest absolute Gasteiger partial charge is 0.350 e. The van der Waals surface area contributed by atoms with Crippen LogP contribution in [0.1, 0.15) is 5.56 Å². The molecule has 0 aliphatic carbocycles. The summed E-state index contributed by atoms with van der Waals surface area (Å²) < 4.78 is 18.6. The molecule has 2 unspecified atom stereocenters. The second-order valence-electron chi connectivity index (χ2n) is 5.74. The van der Waals surface area contributed by atoms with E-state index in [0.29, 0.717) is 16.6 Å². The molecule has 0 bridgehead atoms. The van der Waals surface area contributed by atoms with E-state index in [9.17, 15) is 4.57 Å². The lowest BCUT2D eigenvalue weighted by atomic mass is 10.1. The molecule has 0 spiro atoms. The van der Waals surface area contributed by atoms with Crippen molar-refractivity contribution in [2.24, 2.45) is 0 Å². The first kappa shape index (κ1) is 21.2. The lowest BCUT2D eigenvalue weighted by Crippen LogP contribution is -2.39. The second kappa shape index (κ2) is 10.3. The highest BCUT2D eigenvalue weighted by molar-refractivity contribution is 7.80. The molecule has 0 fully saturated rings. The van der Waals surface area contributed by atoms with Gasteiger partial charge in [0.15, 0.2) is 5.11 Å². The molecule has 0 aliphatic heterocycles. The smallest absolute Gasteiger partial charge is 0.222 e. The Morgan fingerprint density at radius 3 is 2.46 bits per heavy atom. The van der Waals surface area contributed by atoms with Crippen LogP contribution in [0.15, 0.2) is 54.6 Å². The van der Waals surface area contributed by atoms with Crippen molar-refractivity contribution >= 4 is 53.6 Å². The molecule has 140 valence electrons. The average molecular weight is 431 g/mol. The summed E-state index contributed by atoms with van der Waals surface area (Å²) in [5.74, 6) is -0.214. The molecule has 0 aromatic heterocycles. The first-order chi connectivity index (χ1) is 12.4. The third kappa shape index (κ3) is 6.90. The molecular formula is C18H21Cl2N2O2PS. The van der Waals surface area contributed by atoms with Crippen LogP contribution in [-0.4, -0.2) is 30.0 Å². The first-order valence-electron chi connectivity index (χ1n) is 8.05. The lowest BCUT2D eigenvalue weighted by Gasteiger charge is -2.27. The van der Waals surface area contributed by atoms with Crippen LogP contribution in [0.5, 0.6) is 0 Å². The highest BCUT2D eigenvalue weighted by atomic mass is 35.5. The Hall–Kier alpha value is -1.10. The number of para-hydroxylation sites is 1. The number of thiocarbonyl (C=S) groups is 1. The van der Waals surface area contributed by atoms with E-state index in [1.807, 2.05) is 42.5 Å². The van der Waals surface area contributed by atoms with Crippen molar-refractivity contribution in [2.45, 2.75) is 12.2 Å². The maximum atomic E-state index is 13.1. The van der Waals surface area contributed by atoms with Gasteiger partial charge in [-0.25, -0.2) is 0 Å². The third-order valence-electron chi connectivity index (χ3n) is 3.66. The van der Waals surface area contributed by atoms with Crippen molar-refractivity contribution in [3.8, 4) is 0 Å². The SMILES string of the molecule is CP(=O)(OCCCl)C(Cc1ccc(Cl)cc1)NC(=S)Nc1ccccc1. The predicted octanol–water partition coefficient (Wildman–Crippen LogP) is 5.36. The fourth-order valence-corrected chi connectivity index (χ4v) is 4.52. The van der Waals surface area contributed by atoms with E-state index in [-0.39, 0.29) is 12.5 Å². The number of hydrogen-bond donors (Lipinski definition) is 2. The van der Waals surface area contributed by atoms with E-state index in [2.05, 4.69) is 10.6 Å². The number of hydrogen-bond acceptors (Lipinski definition) is 3. The van der Waals surface area contributed by atoms with Gasteiger partial charge in [0.2, 0.25) is 7.37 Å². The Morgan fingerprint density at radius 2 is 1.85 bits per heavy atom. The molecule has 0 saturated carbocycles. The van der Waals surface area contributed by atoms with Crippen LogP contribution >= 0.6 is 42.8 Å². The highest BCUT2D eigenvalue weighted by Crippen LogP contribution is 2.48. The summed E-state index contributed by atoms with van der Waals surface area (Å²) in [6.07, 6.45) is 0.476. The molecule has 2 aromatic carbocycles. The monoisotopic (exact) mass is 430 g/mol. The summed E-state index contributed by atoms with van der Waals surface area (Å²) in [6.45, 7) is 1.81. The van der Waals surface area contributed by atoms with Gasteiger partial charge in [0, 0.05) is 29.7 Å². The van der Waals surface area contributed by atoms with Crippen LogP contribution in [0.2, 0.25) is 5.02 Å². The van der Waals surface area contributed by atoms with E-state index >= 15 is 0 Å². The van der Waals surface area contributed by atoms with Crippen LogP contribution in [0, 0.1) is 0 Å². The van der Waals surface area contributed by atoms with Crippen molar-refractivity contribution in [2.75, 3.05) is 24.5 Å². The molecule has 0 heterocycles. The van der Waals surface area contributed by atoms with Crippen molar-refractivity contribution < 1.29 is 9.09 Å². The standard InChI is InChI=1S/C18H21Cl2N2O2PS/c1-25(23,24-12-11-19)17(13-14-7-9-15(20)10-8-14)22-18(26)21-16-5-3-2-4-6-16/h2-10,17H,11-13H2,1H3,(H2,21,22,26). The number of nitrogens with one attached hydrogen (secondary N) is 2. The van der Waals surface area contributed by atoms with E-state index in [1.165, 1.54) is 0 Å². The molecule has 2 atom stereocenters. The van der Waals surface area contributed by atoms with Crippen LogP contribution in [0.25, 0.3) is 0 Å². The molecule has 0 saturated heterocycles. The topological polar surface area (TPSA) is 50.4 Å². The maximum absolute atomic E-state index is 13.1. The normalized spacial score (nSPS) is 14.3. The average Bonchev–Trinajstić information content (AvgIpc) is 2.62. The summed E-state index contributed by atoms with van der Waals surface area (Å²) in [4.78, 5) is 0. The Bertz CT molecular complexity index is 760. The summed E-state index contributed by atoms with van der Waals surface area (Å²) in [6, 6.07) is 16.9. The van der Waals surface area contributed by atoms with Gasteiger partial charge in [-0.05, 0) is 42.0 Å². The van der Waals surface area contributed by atoms with Gasteiger partial charge in [-0.15, -0.1) is 11.6 Å². The molecule has 4 nitrogen and oxygen atoms in total. The fourth-order valence-electron chi connectivity index (χ4n) is 2.32. The molecule has 2 rings (SSSR count). The summed E-state index contributed by atoms with van der Waals surface area (Å²) >= 11 is 17.0. The Morgan fingerprint density at radius 1 is 1.19 bits per heavy atom. The zero-order chi connectivity index (χ0) is 19.0. The number of benzene rings is 2. The van der Waals surface area contributed by atoms with E-state index in [0.717, 1.165) is 11.3 Å². The minimum atomic E-state index is -3.01. The quantitative estimate of drug-likeness (QED) is 0.335. The minimum Gasteiger partial charge on any atom is -0.350 e. The van der Waals surface area contributed by atoms with Crippen LogP contribution < -0.4 is 10.6 Å². The summed E-state index contributed by atoms with van der Waals surface area (Å²) in [7, 11) is -3.01. The van der Waals surface area contributed by atoms with E-state index in [1.54, 1.807) is 18.8 Å².